The highest BCUT2D eigenvalue weighted by molar-refractivity contribution is 7.98. The fraction of sp³-hybridized carbons (Fsp3) is 0.391. The summed E-state index contributed by atoms with van der Waals surface area (Å²) in [6, 6.07) is 16.0. The van der Waals surface area contributed by atoms with Gasteiger partial charge in [-0.2, -0.15) is 0 Å². The van der Waals surface area contributed by atoms with Gasteiger partial charge in [-0.1, -0.05) is 37.6 Å². The highest BCUT2D eigenvalue weighted by Crippen LogP contribution is 2.50. The summed E-state index contributed by atoms with van der Waals surface area (Å²) in [5.74, 6) is 2.06. The average molecular weight is 366 g/mol. The molecule has 4 rings (SSSR count). The van der Waals surface area contributed by atoms with Crippen LogP contribution in [0.2, 0.25) is 0 Å². The van der Waals surface area contributed by atoms with Crippen molar-refractivity contribution in [3.05, 3.63) is 65.7 Å². The van der Waals surface area contributed by atoms with E-state index in [0.717, 1.165) is 31.6 Å². The Kier molecular flexibility index (Phi) is 5.26. The summed E-state index contributed by atoms with van der Waals surface area (Å²) in [6.45, 7) is 3.00. The first-order valence-corrected chi connectivity index (χ1v) is 10.9. The monoisotopic (exact) mass is 365 g/mol. The van der Waals surface area contributed by atoms with Gasteiger partial charge < -0.3 is 10.1 Å². The van der Waals surface area contributed by atoms with Crippen LogP contribution in [-0.2, 0) is 0 Å². The summed E-state index contributed by atoms with van der Waals surface area (Å²) in [5.41, 5.74) is 4.02. The van der Waals surface area contributed by atoms with Crippen molar-refractivity contribution in [3.8, 4) is 5.75 Å². The largest absolute Gasteiger partial charge is 0.494 e. The molecule has 0 amide bonds. The van der Waals surface area contributed by atoms with Gasteiger partial charge in [0.15, 0.2) is 0 Å². The molecule has 2 nitrogen and oxygen atoms in total. The van der Waals surface area contributed by atoms with Crippen molar-refractivity contribution in [1.82, 2.24) is 0 Å². The standard InChI is InChI=1S/C23H27NOS/c1-3-4-14-25-17-10-13-22-21(15-17)19-6-5-7-20(19)23(24-22)16-8-11-18(26-2)12-9-16/h5-6,8-13,15,19-20,23-24H,3-4,7,14H2,1-2H3. The fourth-order valence-electron chi connectivity index (χ4n) is 4.14. The van der Waals surface area contributed by atoms with Crippen molar-refractivity contribution in [2.45, 2.75) is 43.0 Å². The van der Waals surface area contributed by atoms with E-state index in [-0.39, 0.29) is 0 Å². The molecule has 1 heterocycles. The molecule has 0 saturated carbocycles. The molecule has 2 aromatic rings. The first kappa shape index (κ1) is 17.5. The SMILES string of the molecule is CCCCOc1ccc2c(c1)C1C=CCC1C(c1ccc(SC)cc1)N2. The molecule has 1 N–H and O–H groups in total. The first-order chi connectivity index (χ1) is 12.8. The zero-order chi connectivity index (χ0) is 17.9. The second-order valence-electron chi connectivity index (χ2n) is 7.20. The van der Waals surface area contributed by atoms with Gasteiger partial charge in [-0.3, -0.25) is 0 Å². The molecular weight excluding hydrogens is 338 g/mol. The molecule has 2 aliphatic rings. The first-order valence-electron chi connectivity index (χ1n) is 9.64. The maximum atomic E-state index is 5.94. The van der Waals surface area contributed by atoms with E-state index in [1.807, 2.05) is 0 Å². The number of allylic oxidation sites excluding steroid dienone is 2. The molecule has 0 saturated heterocycles. The maximum Gasteiger partial charge on any atom is 0.119 e. The van der Waals surface area contributed by atoms with Gasteiger partial charge in [0.05, 0.1) is 12.6 Å². The minimum absolute atomic E-state index is 0.366. The minimum Gasteiger partial charge on any atom is -0.494 e. The van der Waals surface area contributed by atoms with Gasteiger partial charge in [0.1, 0.15) is 5.75 Å². The molecule has 1 aliphatic heterocycles. The van der Waals surface area contributed by atoms with E-state index in [1.54, 1.807) is 11.8 Å². The van der Waals surface area contributed by atoms with E-state index >= 15 is 0 Å². The van der Waals surface area contributed by atoms with Crippen LogP contribution in [0.4, 0.5) is 5.69 Å². The lowest BCUT2D eigenvalue weighted by molar-refractivity contribution is 0.308. The molecule has 26 heavy (non-hydrogen) atoms. The van der Waals surface area contributed by atoms with Crippen molar-refractivity contribution < 1.29 is 4.74 Å². The van der Waals surface area contributed by atoms with Gasteiger partial charge in [-0.25, -0.2) is 0 Å². The quantitative estimate of drug-likeness (QED) is 0.363. The van der Waals surface area contributed by atoms with Crippen LogP contribution in [0.5, 0.6) is 5.75 Å². The molecule has 0 fully saturated rings. The molecular formula is C23H27NOS. The molecule has 2 aromatic carbocycles. The van der Waals surface area contributed by atoms with Crippen LogP contribution in [0, 0.1) is 5.92 Å². The number of thioether (sulfide) groups is 1. The Morgan fingerprint density at radius 2 is 2.00 bits per heavy atom. The Labute approximate surface area is 161 Å². The summed E-state index contributed by atoms with van der Waals surface area (Å²) in [7, 11) is 0. The third-order valence-corrected chi connectivity index (χ3v) is 6.32. The zero-order valence-corrected chi connectivity index (χ0v) is 16.4. The van der Waals surface area contributed by atoms with Gasteiger partial charge in [0.25, 0.3) is 0 Å². The second-order valence-corrected chi connectivity index (χ2v) is 8.08. The van der Waals surface area contributed by atoms with Gasteiger partial charge >= 0.3 is 0 Å². The van der Waals surface area contributed by atoms with Crippen molar-refractivity contribution >= 4 is 17.4 Å². The van der Waals surface area contributed by atoms with Crippen molar-refractivity contribution in [2.75, 3.05) is 18.2 Å². The maximum absolute atomic E-state index is 5.94. The predicted octanol–water partition coefficient (Wildman–Crippen LogP) is 6.41. The van der Waals surface area contributed by atoms with Crippen LogP contribution in [0.3, 0.4) is 0 Å². The van der Waals surface area contributed by atoms with E-state index in [2.05, 4.69) is 73.1 Å². The Morgan fingerprint density at radius 1 is 1.15 bits per heavy atom. The summed E-state index contributed by atoms with van der Waals surface area (Å²) < 4.78 is 5.94. The molecule has 3 atom stereocenters. The number of nitrogens with one attached hydrogen (secondary N) is 1. The highest BCUT2D eigenvalue weighted by atomic mass is 32.2. The zero-order valence-electron chi connectivity index (χ0n) is 15.6. The number of anilines is 1. The summed E-state index contributed by atoms with van der Waals surface area (Å²) in [5, 5.41) is 3.81. The fourth-order valence-corrected chi connectivity index (χ4v) is 4.55. The lowest BCUT2D eigenvalue weighted by Crippen LogP contribution is -2.29. The number of ether oxygens (including phenoxy) is 1. The van der Waals surface area contributed by atoms with Crippen molar-refractivity contribution in [2.24, 2.45) is 5.92 Å². The lowest BCUT2D eigenvalue weighted by Gasteiger charge is -2.37. The van der Waals surface area contributed by atoms with Crippen LogP contribution in [0.15, 0.2) is 59.5 Å². The molecule has 0 bridgehead atoms. The molecule has 136 valence electrons. The smallest absolute Gasteiger partial charge is 0.119 e. The number of benzene rings is 2. The lowest BCUT2D eigenvalue weighted by atomic mass is 9.77. The molecule has 3 unspecified atom stereocenters. The number of fused-ring (bicyclic) bond motifs is 3. The number of hydrogen-bond donors (Lipinski definition) is 1. The third kappa shape index (κ3) is 3.37. The molecule has 0 spiro atoms. The normalized spacial score (nSPS) is 23.2. The van der Waals surface area contributed by atoms with E-state index in [9.17, 15) is 0 Å². The minimum atomic E-state index is 0.366. The average Bonchev–Trinajstić information content (AvgIpc) is 3.18. The molecule has 0 radical (unpaired) electrons. The van der Waals surface area contributed by atoms with Crippen molar-refractivity contribution in [1.29, 1.82) is 0 Å². The molecule has 1 aliphatic carbocycles. The number of unbranched alkanes of at least 4 members (excludes halogenated alkanes) is 1. The van der Waals surface area contributed by atoms with E-state index < -0.39 is 0 Å². The van der Waals surface area contributed by atoms with Crippen LogP contribution in [0.1, 0.15) is 49.3 Å². The van der Waals surface area contributed by atoms with E-state index in [0.29, 0.717) is 17.9 Å². The van der Waals surface area contributed by atoms with Crippen LogP contribution in [-0.4, -0.2) is 12.9 Å². The third-order valence-electron chi connectivity index (χ3n) is 5.58. The Morgan fingerprint density at radius 3 is 2.77 bits per heavy atom. The van der Waals surface area contributed by atoms with E-state index in [1.165, 1.54) is 21.7 Å². The highest BCUT2D eigenvalue weighted by Gasteiger charge is 2.37. The molecule has 0 aromatic heterocycles. The van der Waals surface area contributed by atoms with Gasteiger partial charge in [-0.15, -0.1) is 11.8 Å². The van der Waals surface area contributed by atoms with Crippen LogP contribution in [0.25, 0.3) is 0 Å². The van der Waals surface area contributed by atoms with Crippen LogP contribution < -0.4 is 10.1 Å². The Hall–Kier alpha value is -1.87. The van der Waals surface area contributed by atoms with Gasteiger partial charge in [-0.05, 0) is 66.5 Å². The van der Waals surface area contributed by atoms with Gasteiger partial charge in [0, 0.05) is 16.5 Å². The van der Waals surface area contributed by atoms with Gasteiger partial charge in [0.2, 0.25) is 0 Å². The predicted molar refractivity (Wildman–Crippen MR) is 111 cm³/mol. The Bertz CT molecular complexity index is 783. The molecule has 3 heteroatoms. The van der Waals surface area contributed by atoms with Crippen molar-refractivity contribution in [3.63, 3.8) is 0 Å². The topological polar surface area (TPSA) is 21.3 Å². The summed E-state index contributed by atoms with van der Waals surface area (Å²) >= 11 is 1.80. The summed E-state index contributed by atoms with van der Waals surface area (Å²) in [6.07, 6.45) is 10.3. The summed E-state index contributed by atoms with van der Waals surface area (Å²) in [4.78, 5) is 1.32. The number of rotatable bonds is 6. The van der Waals surface area contributed by atoms with Crippen LogP contribution >= 0.6 is 11.8 Å². The second kappa shape index (κ2) is 7.79. The Balaban J connectivity index is 1.61. The number of hydrogen-bond acceptors (Lipinski definition) is 3. The van der Waals surface area contributed by atoms with E-state index in [4.69, 9.17) is 4.74 Å².